The molecule has 0 radical (unpaired) electrons. The maximum atomic E-state index is 13.0. The molecule has 3 nitrogen and oxygen atoms in total. The highest BCUT2D eigenvalue weighted by Gasteiger charge is 2.20. The van der Waals surface area contributed by atoms with Gasteiger partial charge in [0.2, 0.25) is 0 Å². The molecule has 2 aromatic carbocycles. The van der Waals surface area contributed by atoms with Gasteiger partial charge in [-0.15, -0.1) is 0 Å². The molecule has 4 heteroatoms. The van der Waals surface area contributed by atoms with Gasteiger partial charge in [-0.3, -0.25) is 4.79 Å². The minimum Gasteiger partial charge on any atom is -0.468 e. The van der Waals surface area contributed by atoms with Crippen LogP contribution in [0.5, 0.6) is 0 Å². The fourth-order valence-electron chi connectivity index (χ4n) is 1.91. The van der Waals surface area contributed by atoms with Crippen LogP contribution in [0.2, 0.25) is 0 Å². The van der Waals surface area contributed by atoms with E-state index >= 15 is 0 Å². The predicted molar refractivity (Wildman–Crippen MR) is 65.7 cm³/mol. The van der Waals surface area contributed by atoms with Gasteiger partial charge in [-0.25, -0.2) is 4.39 Å². The summed E-state index contributed by atoms with van der Waals surface area (Å²) in [5, 5.41) is 10.8. The largest absolute Gasteiger partial charge is 0.468 e. The van der Waals surface area contributed by atoms with Crippen LogP contribution in [0.3, 0.4) is 0 Å². The van der Waals surface area contributed by atoms with Crippen LogP contribution in [-0.4, -0.2) is 24.8 Å². The van der Waals surface area contributed by atoms with Gasteiger partial charge in [0.25, 0.3) is 0 Å². The minimum atomic E-state index is -0.704. The number of hydrogen-bond acceptors (Lipinski definition) is 3. The number of ether oxygens (including phenoxy) is 1. The molecule has 18 heavy (non-hydrogen) atoms. The summed E-state index contributed by atoms with van der Waals surface area (Å²) >= 11 is 0. The standard InChI is InChI=1S/C14H13FO3/c1-18-14(17)13(8-16)11-3-2-10-7-12(15)5-4-9(10)6-11/h2-7,13,16H,8H2,1H3. The van der Waals surface area contributed by atoms with Crippen LogP contribution in [-0.2, 0) is 9.53 Å². The number of benzene rings is 2. The smallest absolute Gasteiger partial charge is 0.315 e. The van der Waals surface area contributed by atoms with Crippen molar-refractivity contribution >= 4 is 16.7 Å². The Balaban J connectivity index is 2.46. The topological polar surface area (TPSA) is 46.5 Å². The second-order valence-corrected chi connectivity index (χ2v) is 4.01. The molecule has 2 aromatic rings. The molecule has 0 aliphatic carbocycles. The highest BCUT2D eigenvalue weighted by Crippen LogP contribution is 2.23. The van der Waals surface area contributed by atoms with Crippen LogP contribution in [0.4, 0.5) is 4.39 Å². The number of carbonyl (C=O) groups is 1. The number of aliphatic hydroxyl groups excluding tert-OH is 1. The number of rotatable bonds is 3. The van der Waals surface area contributed by atoms with Crippen molar-refractivity contribution in [1.29, 1.82) is 0 Å². The van der Waals surface area contributed by atoms with Crippen molar-refractivity contribution in [3.05, 3.63) is 47.8 Å². The zero-order chi connectivity index (χ0) is 13.1. The van der Waals surface area contributed by atoms with Crippen molar-refractivity contribution in [2.75, 3.05) is 13.7 Å². The van der Waals surface area contributed by atoms with Crippen molar-refractivity contribution in [3.63, 3.8) is 0 Å². The van der Waals surface area contributed by atoms with E-state index in [1.807, 2.05) is 0 Å². The molecule has 0 bridgehead atoms. The molecule has 0 aromatic heterocycles. The molecule has 0 saturated carbocycles. The lowest BCUT2D eigenvalue weighted by atomic mass is 9.97. The first-order valence-electron chi connectivity index (χ1n) is 5.53. The Morgan fingerprint density at radius 2 is 1.94 bits per heavy atom. The number of aliphatic hydroxyl groups is 1. The highest BCUT2D eigenvalue weighted by molar-refractivity contribution is 5.86. The molecule has 1 atom stereocenters. The number of methoxy groups -OCH3 is 1. The average molecular weight is 248 g/mol. The van der Waals surface area contributed by atoms with Gasteiger partial charge in [-0.1, -0.05) is 24.3 Å². The second kappa shape index (κ2) is 5.14. The third-order valence-corrected chi connectivity index (χ3v) is 2.90. The van der Waals surface area contributed by atoms with E-state index in [4.69, 9.17) is 0 Å². The van der Waals surface area contributed by atoms with Crippen molar-refractivity contribution in [2.45, 2.75) is 5.92 Å². The molecule has 0 fully saturated rings. The van der Waals surface area contributed by atoms with E-state index in [1.165, 1.54) is 19.2 Å². The predicted octanol–water partition coefficient (Wildman–Crippen LogP) is 2.23. The van der Waals surface area contributed by atoms with Gasteiger partial charge in [-0.05, 0) is 28.5 Å². The van der Waals surface area contributed by atoms with Crippen LogP contribution in [0.15, 0.2) is 36.4 Å². The first-order valence-corrected chi connectivity index (χ1v) is 5.53. The van der Waals surface area contributed by atoms with Gasteiger partial charge in [0.1, 0.15) is 11.7 Å². The maximum absolute atomic E-state index is 13.0. The zero-order valence-electron chi connectivity index (χ0n) is 9.89. The van der Waals surface area contributed by atoms with Crippen LogP contribution < -0.4 is 0 Å². The maximum Gasteiger partial charge on any atom is 0.315 e. The molecule has 1 unspecified atom stereocenters. The SMILES string of the molecule is COC(=O)C(CO)c1ccc2cc(F)ccc2c1. The zero-order valence-corrected chi connectivity index (χ0v) is 9.89. The Hall–Kier alpha value is -1.94. The molecule has 94 valence electrons. The Kier molecular flexibility index (Phi) is 3.58. The lowest BCUT2D eigenvalue weighted by molar-refractivity contribution is -0.143. The van der Waals surface area contributed by atoms with E-state index in [1.54, 1.807) is 24.3 Å². The Labute approximate surface area is 104 Å². The van der Waals surface area contributed by atoms with Crippen molar-refractivity contribution < 1.29 is 19.0 Å². The molecular formula is C14H13FO3. The first-order chi connectivity index (χ1) is 8.65. The fraction of sp³-hybridized carbons (Fsp3) is 0.214. The van der Waals surface area contributed by atoms with E-state index in [0.29, 0.717) is 5.56 Å². The summed E-state index contributed by atoms with van der Waals surface area (Å²) in [6.07, 6.45) is 0. The van der Waals surface area contributed by atoms with Gasteiger partial charge >= 0.3 is 5.97 Å². The molecule has 0 aliphatic rings. The summed E-state index contributed by atoms with van der Waals surface area (Å²) in [5.74, 6) is -1.50. The van der Waals surface area contributed by atoms with Gasteiger partial charge in [0.15, 0.2) is 0 Å². The average Bonchev–Trinajstić information content (AvgIpc) is 2.39. The normalized spacial score (nSPS) is 12.4. The monoisotopic (exact) mass is 248 g/mol. The lowest BCUT2D eigenvalue weighted by Gasteiger charge is -2.12. The quantitative estimate of drug-likeness (QED) is 0.847. The molecule has 1 N–H and O–H groups in total. The number of halogens is 1. The highest BCUT2D eigenvalue weighted by atomic mass is 19.1. The minimum absolute atomic E-state index is 0.304. The molecular weight excluding hydrogens is 235 g/mol. The van der Waals surface area contributed by atoms with Crippen molar-refractivity contribution in [3.8, 4) is 0 Å². The summed E-state index contributed by atoms with van der Waals surface area (Å²) in [7, 11) is 1.28. The van der Waals surface area contributed by atoms with Crippen molar-refractivity contribution in [1.82, 2.24) is 0 Å². The summed E-state index contributed by atoms with van der Waals surface area (Å²) in [4.78, 5) is 11.5. The summed E-state index contributed by atoms with van der Waals surface area (Å²) < 4.78 is 17.7. The third-order valence-electron chi connectivity index (χ3n) is 2.90. The van der Waals surface area contributed by atoms with Gasteiger partial charge in [0, 0.05) is 0 Å². The Morgan fingerprint density at radius 1 is 1.28 bits per heavy atom. The van der Waals surface area contributed by atoms with E-state index < -0.39 is 11.9 Å². The summed E-state index contributed by atoms with van der Waals surface area (Å²) in [6, 6.07) is 9.59. The number of hydrogen-bond donors (Lipinski definition) is 1. The molecule has 0 amide bonds. The third kappa shape index (κ3) is 2.33. The summed E-state index contributed by atoms with van der Waals surface area (Å²) in [6.45, 7) is -0.320. The molecule has 0 saturated heterocycles. The lowest BCUT2D eigenvalue weighted by Crippen LogP contribution is -2.17. The number of esters is 1. The van der Waals surface area contributed by atoms with E-state index in [9.17, 15) is 14.3 Å². The van der Waals surface area contributed by atoms with Crippen LogP contribution in [0.25, 0.3) is 10.8 Å². The van der Waals surface area contributed by atoms with Crippen molar-refractivity contribution in [2.24, 2.45) is 0 Å². The first kappa shape index (κ1) is 12.5. The Bertz CT molecular complexity index is 580. The molecule has 2 rings (SSSR count). The number of fused-ring (bicyclic) bond motifs is 1. The van der Waals surface area contributed by atoms with Gasteiger partial charge in [-0.2, -0.15) is 0 Å². The number of carbonyl (C=O) groups excluding carboxylic acids is 1. The molecule has 0 heterocycles. The van der Waals surface area contributed by atoms with E-state index in [-0.39, 0.29) is 12.4 Å². The van der Waals surface area contributed by atoms with E-state index in [0.717, 1.165) is 10.8 Å². The second-order valence-electron chi connectivity index (χ2n) is 4.01. The molecule has 0 spiro atoms. The fourth-order valence-corrected chi connectivity index (χ4v) is 1.91. The van der Waals surface area contributed by atoms with Crippen LogP contribution in [0, 0.1) is 5.82 Å². The summed E-state index contributed by atoms with van der Waals surface area (Å²) in [5.41, 5.74) is 0.656. The van der Waals surface area contributed by atoms with Gasteiger partial charge in [0.05, 0.1) is 13.7 Å². The van der Waals surface area contributed by atoms with E-state index in [2.05, 4.69) is 4.74 Å². The van der Waals surface area contributed by atoms with Crippen LogP contribution >= 0.6 is 0 Å². The molecule has 0 aliphatic heterocycles. The van der Waals surface area contributed by atoms with Crippen LogP contribution in [0.1, 0.15) is 11.5 Å². The van der Waals surface area contributed by atoms with Gasteiger partial charge < -0.3 is 9.84 Å². The Morgan fingerprint density at radius 3 is 2.61 bits per heavy atom.